The summed E-state index contributed by atoms with van der Waals surface area (Å²) in [5.41, 5.74) is 6.88. The summed E-state index contributed by atoms with van der Waals surface area (Å²) in [6.07, 6.45) is 3.45. The molecule has 0 unspecified atom stereocenters. The summed E-state index contributed by atoms with van der Waals surface area (Å²) in [6.45, 7) is 1.88. The molecule has 0 saturated heterocycles. The molecule has 202 valence electrons. The Hall–Kier alpha value is -4.34. The van der Waals surface area contributed by atoms with Crippen LogP contribution in [0.1, 0.15) is 40.5 Å². The first-order valence-corrected chi connectivity index (χ1v) is 14.7. The number of nitro benzene ring substituents is 1. The van der Waals surface area contributed by atoms with Crippen LogP contribution >= 0.6 is 27.3 Å². The molecule has 0 radical (unpaired) electrons. The maximum atomic E-state index is 14.0. The fourth-order valence-corrected chi connectivity index (χ4v) is 6.91. The van der Waals surface area contributed by atoms with Crippen LogP contribution in [-0.4, -0.2) is 9.49 Å². The lowest BCUT2D eigenvalue weighted by atomic mass is 9.83. The summed E-state index contributed by atoms with van der Waals surface area (Å²) < 4.78 is 9.37. The largest absolute Gasteiger partial charge is 0.457 e. The van der Waals surface area contributed by atoms with E-state index in [2.05, 4.69) is 46.3 Å². The van der Waals surface area contributed by atoms with Gasteiger partial charge in [0.05, 0.1) is 21.2 Å². The number of halogens is 1. The van der Waals surface area contributed by atoms with E-state index in [1.165, 1.54) is 29.0 Å². The zero-order valence-corrected chi connectivity index (χ0v) is 24.2. The fourth-order valence-electron chi connectivity index (χ4n) is 5.66. The fraction of sp³-hybridized carbons (Fsp3) is 0.125. The number of hydrogen-bond acceptors (Lipinski definition) is 6. The number of benzene rings is 3. The minimum absolute atomic E-state index is 0.00431. The van der Waals surface area contributed by atoms with E-state index >= 15 is 0 Å². The Labute approximate surface area is 246 Å². The number of nitrogens with zero attached hydrogens (tertiary/aromatic N) is 3. The first-order valence-electron chi connectivity index (χ1n) is 13.1. The van der Waals surface area contributed by atoms with Gasteiger partial charge in [0.15, 0.2) is 4.80 Å². The Kier molecular flexibility index (Phi) is 6.21. The minimum atomic E-state index is -0.423. The summed E-state index contributed by atoms with van der Waals surface area (Å²) in [4.78, 5) is 30.5. The molecule has 3 heterocycles. The van der Waals surface area contributed by atoms with Crippen LogP contribution in [0.15, 0.2) is 103 Å². The highest BCUT2D eigenvalue weighted by molar-refractivity contribution is 9.10. The molecule has 41 heavy (non-hydrogen) atoms. The molecule has 9 heteroatoms. The summed E-state index contributed by atoms with van der Waals surface area (Å²) in [5.74, 6) is 0.996. The van der Waals surface area contributed by atoms with Crippen molar-refractivity contribution in [3.63, 3.8) is 0 Å². The number of hydrogen-bond donors (Lipinski definition) is 0. The lowest BCUT2D eigenvalue weighted by Crippen LogP contribution is -2.38. The topological polar surface area (TPSA) is 90.6 Å². The lowest BCUT2D eigenvalue weighted by Gasteiger charge is -2.30. The highest BCUT2D eigenvalue weighted by Gasteiger charge is 2.32. The number of fused-ring (bicyclic) bond motifs is 3. The summed E-state index contributed by atoms with van der Waals surface area (Å²) in [6, 6.07) is 24.4. The van der Waals surface area contributed by atoms with E-state index < -0.39 is 4.92 Å². The third kappa shape index (κ3) is 4.42. The zero-order chi connectivity index (χ0) is 28.2. The number of aromatic nitrogens is 1. The Bertz CT molecular complexity index is 2090. The maximum absolute atomic E-state index is 14.0. The summed E-state index contributed by atoms with van der Waals surface area (Å²) >= 11 is 4.87. The van der Waals surface area contributed by atoms with E-state index in [4.69, 9.17) is 9.41 Å². The lowest BCUT2D eigenvalue weighted by molar-refractivity contribution is -0.384. The van der Waals surface area contributed by atoms with Crippen molar-refractivity contribution >= 4 is 44.7 Å². The number of rotatable bonds is 4. The van der Waals surface area contributed by atoms with Crippen LogP contribution in [0, 0.1) is 17.0 Å². The smallest absolute Gasteiger partial charge is 0.271 e. The van der Waals surface area contributed by atoms with Crippen LogP contribution in [0.3, 0.4) is 0 Å². The van der Waals surface area contributed by atoms with Crippen LogP contribution in [0.5, 0.6) is 0 Å². The molecule has 7 nitrogen and oxygen atoms in total. The van der Waals surface area contributed by atoms with Crippen molar-refractivity contribution in [2.24, 2.45) is 4.99 Å². The van der Waals surface area contributed by atoms with Gasteiger partial charge in [-0.15, -0.1) is 0 Å². The Morgan fingerprint density at radius 2 is 1.85 bits per heavy atom. The SMILES string of the molecule is Cc1ccc([N+](=O)[O-])cc1-c1ccc(/C=c2\sc3n(c2=O)[C@@H](c2ccc(Br)cc2)C2=C(N=3)c3ccccc3CC2)o1. The average Bonchev–Trinajstić information content (AvgIpc) is 3.56. The van der Waals surface area contributed by atoms with Crippen molar-refractivity contribution in [2.45, 2.75) is 25.8 Å². The molecule has 3 aromatic carbocycles. The van der Waals surface area contributed by atoms with Gasteiger partial charge in [0, 0.05) is 33.8 Å². The van der Waals surface area contributed by atoms with Crippen LogP contribution < -0.4 is 14.9 Å². The minimum Gasteiger partial charge on any atom is -0.457 e. The second-order valence-electron chi connectivity index (χ2n) is 10.1. The second-order valence-corrected chi connectivity index (χ2v) is 12.0. The van der Waals surface area contributed by atoms with Gasteiger partial charge < -0.3 is 4.42 Å². The number of aryl methyl sites for hydroxylation is 2. The first kappa shape index (κ1) is 25.6. The molecule has 0 amide bonds. The quantitative estimate of drug-likeness (QED) is 0.167. The number of nitro groups is 1. The molecule has 1 aliphatic carbocycles. The number of non-ortho nitro benzene ring substituents is 1. The third-order valence-electron chi connectivity index (χ3n) is 7.66. The van der Waals surface area contributed by atoms with Gasteiger partial charge in [-0.2, -0.15) is 0 Å². The molecule has 0 bridgehead atoms. The van der Waals surface area contributed by atoms with Gasteiger partial charge in [-0.1, -0.05) is 69.7 Å². The normalized spacial score (nSPS) is 16.1. The molecule has 0 fully saturated rings. The van der Waals surface area contributed by atoms with Crippen LogP contribution in [0.2, 0.25) is 0 Å². The van der Waals surface area contributed by atoms with E-state index in [1.54, 1.807) is 28.8 Å². The van der Waals surface area contributed by atoms with Gasteiger partial charge in [-0.05, 0) is 66.3 Å². The van der Waals surface area contributed by atoms with Gasteiger partial charge in [0.2, 0.25) is 0 Å². The molecule has 5 aromatic rings. The van der Waals surface area contributed by atoms with Crippen LogP contribution in [0.4, 0.5) is 5.69 Å². The van der Waals surface area contributed by atoms with E-state index in [1.807, 2.05) is 25.1 Å². The molecular formula is C32H22BrN3O4S. The van der Waals surface area contributed by atoms with Crippen molar-refractivity contribution in [2.75, 3.05) is 0 Å². The molecule has 0 N–H and O–H groups in total. The molecule has 7 rings (SSSR count). The third-order valence-corrected chi connectivity index (χ3v) is 9.17. The van der Waals surface area contributed by atoms with Crippen molar-refractivity contribution in [1.29, 1.82) is 0 Å². The predicted octanol–water partition coefficient (Wildman–Crippen LogP) is 6.56. The van der Waals surface area contributed by atoms with E-state index in [9.17, 15) is 14.9 Å². The Morgan fingerprint density at radius 1 is 1.05 bits per heavy atom. The van der Waals surface area contributed by atoms with Gasteiger partial charge in [0.1, 0.15) is 11.5 Å². The molecule has 0 spiro atoms. The monoisotopic (exact) mass is 623 g/mol. The number of allylic oxidation sites excluding steroid dienone is 1. The van der Waals surface area contributed by atoms with Crippen molar-refractivity contribution in [1.82, 2.24) is 4.57 Å². The van der Waals surface area contributed by atoms with Crippen molar-refractivity contribution < 1.29 is 9.34 Å². The highest BCUT2D eigenvalue weighted by Crippen LogP contribution is 2.41. The Balaban J connectivity index is 1.38. The predicted molar refractivity (Wildman–Crippen MR) is 162 cm³/mol. The van der Waals surface area contributed by atoms with Crippen molar-refractivity contribution in [3.8, 4) is 11.3 Å². The van der Waals surface area contributed by atoms with E-state index in [-0.39, 0.29) is 17.3 Å². The van der Waals surface area contributed by atoms with Gasteiger partial charge >= 0.3 is 0 Å². The molecule has 1 atom stereocenters. The highest BCUT2D eigenvalue weighted by atomic mass is 79.9. The molecule has 0 saturated carbocycles. The average molecular weight is 625 g/mol. The van der Waals surface area contributed by atoms with Crippen LogP contribution in [0.25, 0.3) is 23.1 Å². The second kappa shape index (κ2) is 9.94. The van der Waals surface area contributed by atoms with Gasteiger partial charge in [0.25, 0.3) is 11.2 Å². The number of thiazole rings is 1. The van der Waals surface area contributed by atoms with Crippen molar-refractivity contribution in [3.05, 3.63) is 147 Å². The molecular weight excluding hydrogens is 602 g/mol. The molecule has 1 aliphatic heterocycles. The zero-order valence-electron chi connectivity index (χ0n) is 21.8. The standard InChI is InChI=1S/C32H22BrN3O4S/c1-18-6-12-22(36(38)39)16-26(18)27-15-13-23(40-27)17-28-31(37)35-30(20-7-10-21(33)11-8-20)25-14-9-19-4-2-3-5-24(19)29(25)34-32(35)41-28/h2-8,10-13,15-17,30H,9,14H2,1H3/b28-17-/t30-/m0/s1. The summed E-state index contributed by atoms with van der Waals surface area (Å²) in [7, 11) is 0. The van der Waals surface area contributed by atoms with Gasteiger partial charge in [-0.25, -0.2) is 4.99 Å². The molecule has 2 aromatic heterocycles. The van der Waals surface area contributed by atoms with Gasteiger partial charge in [-0.3, -0.25) is 19.5 Å². The summed E-state index contributed by atoms with van der Waals surface area (Å²) in [5, 5.41) is 11.3. The number of furan rings is 1. The Morgan fingerprint density at radius 3 is 2.66 bits per heavy atom. The van der Waals surface area contributed by atoms with Crippen LogP contribution in [-0.2, 0) is 6.42 Å². The first-order chi connectivity index (χ1) is 19.9. The maximum Gasteiger partial charge on any atom is 0.271 e. The van der Waals surface area contributed by atoms with E-state index in [0.717, 1.165) is 45.3 Å². The van der Waals surface area contributed by atoms with E-state index in [0.29, 0.717) is 26.4 Å². The molecule has 2 aliphatic rings.